The molecule has 0 atom stereocenters. The predicted molar refractivity (Wildman–Crippen MR) is 187 cm³/mol. The fourth-order valence-electron chi connectivity index (χ4n) is 6.19. The Labute approximate surface area is 257 Å². The molecule has 1 aromatic heterocycles. The fourth-order valence-corrected chi connectivity index (χ4v) is 6.19. The van der Waals surface area contributed by atoms with Gasteiger partial charge in [0.1, 0.15) is 0 Å². The van der Waals surface area contributed by atoms with Crippen molar-refractivity contribution in [1.29, 1.82) is 0 Å². The highest BCUT2D eigenvalue weighted by Crippen LogP contribution is 2.37. The Morgan fingerprint density at radius 1 is 0.318 bits per heavy atom. The van der Waals surface area contributed by atoms with Crippen LogP contribution in [0.2, 0.25) is 0 Å². The van der Waals surface area contributed by atoms with Crippen molar-refractivity contribution >= 4 is 33.2 Å². The van der Waals surface area contributed by atoms with Crippen LogP contribution in [0.1, 0.15) is 0 Å². The normalized spacial score (nSPS) is 11.2. The third kappa shape index (κ3) is 4.83. The topological polar surface area (TPSA) is 17.0 Å². The molecule has 0 unspecified atom stereocenters. The highest BCUT2D eigenvalue weighted by molar-refractivity contribution is 6.11. The van der Waals surface area contributed by atoms with Gasteiger partial charge in [0.15, 0.2) is 0 Å². The lowest BCUT2D eigenvalue weighted by molar-refractivity contribution is 1.18. The van der Waals surface area contributed by atoms with Crippen molar-refractivity contribution in [2.75, 3.05) is 5.32 Å². The molecule has 208 valence electrons. The number of nitrogens with one attached hydrogen (secondary N) is 1. The van der Waals surface area contributed by atoms with E-state index in [0.29, 0.717) is 0 Å². The zero-order valence-corrected chi connectivity index (χ0v) is 24.2. The fraction of sp³-hybridized carbons (Fsp3) is 0. The molecular weight excluding hydrogens is 532 g/mol. The summed E-state index contributed by atoms with van der Waals surface area (Å²) in [6.07, 6.45) is 0. The van der Waals surface area contributed by atoms with Crippen LogP contribution in [0.5, 0.6) is 0 Å². The van der Waals surface area contributed by atoms with Crippen molar-refractivity contribution in [2.24, 2.45) is 0 Å². The number of nitrogens with zero attached hydrogens (tertiary/aromatic N) is 1. The van der Waals surface area contributed by atoms with E-state index in [0.717, 1.165) is 17.1 Å². The first-order valence-electron chi connectivity index (χ1n) is 15.0. The number of aromatic nitrogens is 1. The summed E-state index contributed by atoms with van der Waals surface area (Å²) >= 11 is 0. The highest BCUT2D eigenvalue weighted by atomic mass is 15.0. The van der Waals surface area contributed by atoms with Crippen LogP contribution in [0.25, 0.3) is 60.9 Å². The largest absolute Gasteiger partial charge is 0.355 e. The van der Waals surface area contributed by atoms with E-state index in [1.165, 1.54) is 55.2 Å². The molecule has 2 heteroatoms. The minimum Gasteiger partial charge on any atom is -0.355 e. The summed E-state index contributed by atoms with van der Waals surface area (Å²) < 4.78 is 2.39. The van der Waals surface area contributed by atoms with Crippen LogP contribution in [-0.2, 0) is 0 Å². The van der Waals surface area contributed by atoms with Gasteiger partial charge < -0.3 is 9.88 Å². The smallest absolute Gasteiger partial charge is 0.0541 e. The summed E-state index contributed by atoms with van der Waals surface area (Å²) in [6.45, 7) is 0. The lowest BCUT2D eigenvalue weighted by Gasteiger charge is -2.12. The molecule has 1 N–H and O–H groups in total. The Morgan fingerprint density at radius 2 is 0.773 bits per heavy atom. The van der Waals surface area contributed by atoms with Gasteiger partial charge in [-0.05, 0) is 88.0 Å². The average molecular weight is 563 g/mol. The Hall–Kier alpha value is -5.86. The molecule has 0 saturated carbocycles. The maximum absolute atomic E-state index is 3.63. The standard InChI is InChI=1S/C42H30N2/c1-4-11-30(12-5-1)33-19-23-36(24-20-33)43-37-17-10-18-38(29-37)44-41-25-21-34(31-13-6-2-7-14-31)27-39(41)40-28-35(22-26-42(40)44)32-15-8-3-9-16-32/h1-29,43H. The van der Waals surface area contributed by atoms with E-state index in [2.05, 4.69) is 180 Å². The maximum Gasteiger partial charge on any atom is 0.0541 e. The summed E-state index contributed by atoms with van der Waals surface area (Å²) in [6, 6.07) is 62.7. The van der Waals surface area contributed by atoms with Crippen LogP contribution >= 0.6 is 0 Å². The molecule has 8 aromatic rings. The molecule has 0 saturated heterocycles. The third-order valence-electron chi connectivity index (χ3n) is 8.36. The molecule has 0 fully saturated rings. The molecular formula is C42H30N2. The van der Waals surface area contributed by atoms with Crippen LogP contribution in [0.4, 0.5) is 11.4 Å². The van der Waals surface area contributed by atoms with Crippen molar-refractivity contribution < 1.29 is 0 Å². The van der Waals surface area contributed by atoms with E-state index in [1.54, 1.807) is 0 Å². The van der Waals surface area contributed by atoms with Crippen molar-refractivity contribution in [3.05, 3.63) is 176 Å². The Balaban J connectivity index is 1.22. The molecule has 8 rings (SSSR count). The molecule has 7 aromatic carbocycles. The molecule has 0 spiro atoms. The van der Waals surface area contributed by atoms with Gasteiger partial charge in [-0.2, -0.15) is 0 Å². The van der Waals surface area contributed by atoms with E-state index in [-0.39, 0.29) is 0 Å². The first-order valence-corrected chi connectivity index (χ1v) is 15.0. The van der Waals surface area contributed by atoms with E-state index in [9.17, 15) is 0 Å². The minimum absolute atomic E-state index is 1.05. The van der Waals surface area contributed by atoms with Crippen LogP contribution in [-0.4, -0.2) is 4.57 Å². The molecule has 0 aliphatic rings. The van der Waals surface area contributed by atoms with Crippen LogP contribution < -0.4 is 5.32 Å². The molecule has 0 amide bonds. The van der Waals surface area contributed by atoms with Gasteiger partial charge in [0.2, 0.25) is 0 Å². The van der Waals surface area contributed by atoms with E-state index < -0.39 is 0 Å². The lowest BCUT2D eigenvalue weighted by atomic mass is 10.0. The lowest BCUT2D eigenvalue weighted by Crippen LogP contribution is -1.96. The monoisotopic (exact) mass is 562 g/mol. The van der Waals surface area contributed by atoms with Crippen LogP contribution in [0.15, 0.2) is 176 Å². The SMILES string of the molecule is c1ccc(-c2ccc(Nc3cccc(-n4c5ccc(-c6ccccc6)cc5c5cc(-c6ccccc6)ccc54)c3)cc2)cc1. The summed E-state index contributed by atoms with van der Waals surface area (Å²) in [7, 11) is 0. The Bertz CT molecular complexity index is 2120. The van der Waals surface area contributed by atoms with Gasteiger partial charge in [-0.1, -0.05) is 121 Å². The third-order valence-corrected chi connectivity index (χ3v) is 8.36. The molecule has 1 heterocycles. The van der Waals surface area contributed by atoms with Crippen molar-refractivity contribution in [2.45, 2.75) is 0 Å². The van der Waals surface area contributed by atoms with Crippen molar-refractivity contribution in [3.8, 4) is 39.1 Å². The number of hydrogen-bond acceptors (Lipinski definition) is 1. The summed E-state index contributed by atoms with van der Waals surface area (Å²) in [5.41, 5.74) is 12.9. The second-order valence-electron chi connectivity index (χ2n) is 11.2. The van der Waals surface area contributed by atoms with Gasteiger partial charge in [0, 0.05) is 27.8 Å². The first kappa shape index (κ1) is 25.8. The van der Waals surface area contributed by atoms with Crippen LogP contribution in [0.3, 0.4) is 0 Å². The molecule has 44 heavy (non-hydrogen) atoms. The second-order valence-corrected chi connectivity index (χ2v) is 11.2. The summed E-state index contributed by atoms with van der Waals surface area (Å²) in [4.78, 5) is 0. The molecule has 0 aliphatic carbocycles. The molecule has 0 bridgehead atoms. The highest BCUT2D eigenvalue weighted by Gasteiger charge is 2.15. The predicted octanol–water partition coefficient (Wildman–Crippen LogP) is 11.5. The number of fused-ring (bicyclic) bond motifs is 3. The van der Waals surface area contributed by atoms with E-state index >= 15 is 0 Å². The zero-order valence-electron chi connectivity index (χ0n) is 24.2. The molecule has 2 nitrogen and oxygen atoms in total. The van der Waals surface area contributed by atoms with Crippen molar-refractivity contribution in [1.82, 2.24) is 4.57 Å². The van der Waals surface area contributed by atoms with Gasteiger partial charge >= 0.3 is 0 Å². The van der Waals surface area contributed by atoms with Crippen molar-refractivity contribution in [3.63, 3.8) is 0 Å². The number of benzene rings is 7. The number of rotatable bonds is 6. The Kier molecular flexibility index (Phi) is 6.51. The summed E-state index contributed by atoms with van der Waals surface area (Å²) in [5, 5.41) is 6.12. The number of hydrogen-bond donors (Lipinski definition) is 1. The van der Waals surface area contributed by atoms with Gasteiger partial charge in [0.25, 0.3) is 0 Å². The van der Waals surface area contributed by atoms with Crippen LogP contribution in [0, 0.1) is 0 Å². The van der Waals surface area contributed by atoms with E-state index in [4.69, 9.17) is 0 Å². The van der Waals surface area contributed by atoms with E-state index in [1.807, 2.05) is 6.07 Å². The average Bonchev–Trinajstić information content (AvgIpc) is 3.43. The van der Waals surface area contributed by atoms with Gasteiger partial charge in [0.05, 0.1) is 11.0 Å². The minimum atomic E-state index is 1.05. The zero-order chi connectivity index (χ0) is 29.3. The number of anilines is 2. The summed E-state index contributed by atoms with van der Waals surface area (Å²) in [5.74, 6) is 0. The molecule has 0 radical (unpaired) electrons. The quantitative estimate of drug-likeness (QED) is 0.213. The maximum atomic E-state index is 3.63. The van der Waals surface area contributed by atoms with Gasteiger partial charge in [-0.25, -0.2) is 0 Å². The Morgan fingerprint density at radius 3 is 1.30 bits per heavy atom. The second kappa shape index (κ2) is 11.1. The molecule has 0 aliphatic heterocycles. The first-order chi connectivity index (χ1) is 21.8. The van der Waals surface area contributed by atoms with Gasteiger partial charge in [-0.15, -0.1) is 0 Å². The van der Waals surface area contributed by atoms with Gasteiger partial charge in [-0.3, -0.25) is 0 Å².